The van der Waals surface area contributed by atoms with Gasteiger partial charge < -0.3 is 14.1 Å². The highest BCUT2D eigenvalue weighted by Gasteiger charge is 2.30. The molecule has 26 heavy (non-hydrogen) atoms. The van der Waals surface area contributed by atoms with Gasteiger partial charge in [0.2, 0.25) is 5.89 Å². The molecule has 2 aromatic rings. The van der Waals surface area contributed by atoms with Crippen LogP contribution < -0.4 is 0 Å². The summed E-state index contributed by atoms with van der Waals surface area (Å²) >= 11 is 0. The number of nitrogens with zero attached hydrogens (tertiary/aromatic N) is 4. The van der Waals surface area contributed by atoms with Gasteiger partial charge in [0.1, 0.15) is 11.6 Å². The highest BCUT2D eigenvalue weighted by atomic mass is 16.5. The molecule has 6 nitrogen and oxygen atoms in total. The van der Waals surface area contributed by atoms with Crippen molar-refractivity contribution in [1.29, 1.82) is 0 Å². The Morgan fingerprint density at radius 3 is 2.69 bits per heavy atom. The summed E-state index contributed by atoms with van der Waals surface area (Å²) in [4.78, 5) is 7.23. The number of para-hydroxylation sites is 2. The Balaban J connectivity index is 1.32. The minimum absolute atomic E-state index is 0.0845. The smallest absolute Gasteiger partial charge is 0.226 e. The van der Waals surface area contributed by atoms with E-state index in [0.29, 0.717) is 5.89 Å². The lowest BCUT2D eigenvalue weighted by atomic mass is 10.2. The van der Waals surface area contributed by atoms with Crippen molar-refractivity contribution in [3.05, 3.63) is 30.2 Å². The van der Waals surface area contributed by atoms with Gasteiger partial charge >= 0.3 is 0 Å². The molecule has 0 spiro atoms. The van der Waals surface area contributed by atoms with E-state index in [-0.39, 0.29) is 6.10 Å². The molecule has 1 aromatic carbocycles. The van der Waals surface area contributed by atoms with Gasteiger partial charge in [-0.15, -0.1) is 0 Å². The minimum Gasteiger partial charge on any atom is -0.438 e. The van der Waals surface area contributed by atoms with Crippen LogP contribution in [0.25, 0.3) is 11.1 Å². The lowest BCUT2D eigenvalue weighted by molar-refractivity contribution is -0.141. The second-order valence-electron chi connectivity index (χ2n) is 7.29. The molecule has 1 aromatic heterocycles. The Kier molecular flexibility index (Phi) is 5.84. The highest BCUT2D eigenvalue weighted by molar-refractivity contribution is 5.72. The summed E-state index contributed by atoms with van der Waals surface area (Å²) in [6.45, 7) is 10.5. The summed E-state index contributed by atoms with van der Waals surface area (Å²) in [6, 6.07) is 7.92. The maximum atomic E-state index is 5.97. The van der Waals surface area contributed by atoms with Crippen molar-refractivity contribution in [1.82, 2.24) is 19.9 Å². The van der Waals surface area contributed by atoms with Gasteiger partial charge in [0.05, 0.1) is 6.61 Å². The Labute approximate surface area is 155 Å². The van der Waals surface area contributed by atoms with Crippen LogP contribution in [0.4, 0.5) is 0 Å². The molecule has 4 rings (SSSR count). The fraction of sp³-hybridized carbons (Fsp3) is 0.650. The van der Waals surface area contributed by atoms with Crippen LogP contribution in [-0.4, -0.2) is 72.3 Å². The molecular formula is C20H30N4O2. The van der Waals surface area contributed by atoms with Crippen molar-refractivity contribution in [3.8, 4) is 0 Å². The lowest BCUT2D eigenvalue weighted by Crippen LogP contribution is -2.56. The van der Waals surface area contributed by atoms with Gasteiger partial charge in [0.15, 0.2) is 5.58 Å². The third-order valence-electron chi connectivity index (χ3n) is 5.46. The Hall–Kier alpha value is -1.47. The van der Waals surface area contributed by atoms with Gasteiger partial charge in [0.25, 0.3) is 0 Å². The van der Waals surface area contributed by atoms with E-state index in [1.807, 2.05) is 24.3 Å². The summed E-state index contributed by atoms with van der Waals surface area (Å²) in [5, 5.41) is 4.93. The number of oxazole rings is 1. The number of hydrogen-bond acceptors (Lipinski definition) is 6. The average Bonchev–Trinajstić information content (AvgIpc) is 3.13. The highest BCUT2D eigenvalue weighted by Crippen LogP contribution is 2.26. The molecule has 1 unspecified atom stereocenters. The SMILES string of the molecule is CCCCCN1CCN(N2CCOC(c3nc4ccccc4o3)C2)CC1. The van der Waals surface area contributed by atoms with Crippen LogP contribution in [-0.2, 0) is 4.74 Å². The maximum absolute atomic E-state index is 5.97. The molecule has 0 bridgehead atoms. The van der Waals surface area contributed by atoms with E-state index in [4.69, 9.17) is 9.15 Å². The number of ether oxygens (including phenoxy) is 1. The maximum Gasteiger partial charge on any atom is 0.226 e. The van der Waals surface area contributed by atoms with Gasteiger partial charge in [-0.25, -0.2) is 15.0 Å². The normalized spacial score (nSPS) is 23.7. The summed E-state index contributed by atoms with van der Waals surface area (Å²) in [6.07, 6.45) is 3.88. The minimum atomic E-state index is -0.0845. The molecular weight excluding hydrogens is 328 g/mol. The largest absolute Gasteiger partial charge is 0.438 e. The van der Waals surface area contributed by atoms with E-state index in [2.05, 4.69) is 26.8 Å². The zero-order chi connectivity index (χ0) is 17.8. The second kappa shape index (κ2) is 8.48. The van der Waals surface area contributed by atoms with Crippen LogP contribution in [0, 0.1) is 0 Å². The molecule has 2 aliphatic heterocycles. The molecule has 142 valence electrons. The molecule has 2 saturated heterocycles. The second-order valence-corrected chi connectivity index (χ2v) is 7.29. The van der Waals surface area contributed by atoms with Crippen molar-refractivity contribution in [2.45, 2.75) is 32.3 Å². The van der Waals surface area contributed by atoms with E-state index in [1.165, 1.54) is 25.8 Å². The number of piperazine rings is 1. The van der Waals surface area contributed by atoms with E-state index in [9.17, 15) is 0 Å². The monoisotopic (exact) mass is 358 g/mol. The predicted octanol–water partition coefficient (Wildman–Crippen LogP) is 2.92. The number of rotatable bonds is 6. The van der Waals surface area contributed by atoms with E-state index >= 15 is 0 Å². The summed E-state index contributed by atoms with van der Waals surface area (Å²) in [7, 11) is 0. The number of hydrazine groups is 1. The first-order chi connectivity index (χ1) is 12.8. The first-order valence-corrected chi connectivity index (χ1v) is 10.0. The summed E-state index contributed by atoms with van der Waals surface area (Å²) < 4.78 is 11.9. The Morgan fingerprint density at radius 1 is 1.04 bits per heavy atom. The number of aromatic nitrogens is 1. The molecule has 2 fully saturated rings. The molecule has 0 amide bonds. The molecule has 0 saturated carbocycles. The number of unbranched alkanes of at least 4 members (excludes halogenated alkanes) is 2. The average molecular weight is 358 g/mol. The number of morpholine rings is 1. The van der Waals surface area contributed by atoms with Crippen LogP contribution in [0.5, 0.6) is 0 Å². The van der Waals surface area contributed by atoms with Crippen molar-refractivity contribution in [2.24, 2.45) is 0 Å². The van der Waals surface area contributed by atoms with Gasteiger partial charge in [-0.2, -0.15) is 0 Å². The zero-order valence-corrected chi connectivity index (χ0v) is 15.8. The number of hydrogen-bond donors (Lipinski definition) is 0. The van der Waals surface area contributed by atoms with Crippen molar-refractivity contribution in [3.63, 3.8) is 0 Å². The van der Waals surface area contributed by atoms with E-state index in [1.54, 1.807) is 0 Å². The van der Waals surface area contributed by atoms with Gasteiger partial charge in [-0.1, -0.05) is 31.9 Å². The molecule has 0 radical (unpaired) electrons. The van der Waals surface area contributed by atoms with Crippen LogP contribution in [0.15, 0.2) is 28.7 Å². The molecule has 2 aliphatic rings. The standard InChI is InChI=1S/C20H30N4O2/c1-2-3-6-9-22-10-12-23(13-11-22)24-14-15-25-19(16-24)20-21-17-7-4-5-8-18(17)26-20/h4-5,7-8,19H,2-3,6,9-16H2,1H3. The lowest BCUT2D eigenvalue weighted by Gasteiger charge is -2.43. The van der Waals surface area contributed by atoms with Crippen molar-refractivity contribution < 1.29 is 9.15 Å². The molecule has 3 heterocycles. The molecule has 1 atom stereocenters. The number of benzene rings is 1. The molecule has 6 heteroatoms. The zero-order valence-electron chi connectivity index (χ0n) is 15.8. The van der Waals surface area contributed by atoms with Gasteiger partial charge in [-0.3, -0.25) is 0 Å². The topological polar surface area (TPSA) is 45.0 Å². The number of fused-ring (bicyclic) bond motifs is 1. The molecule has 0 aliphatic carbocycles. The first-order valence-electron chi connectivity index (χ1n) is 10.0. The molecule has 0 N–H and O–H groups in total. The van der Waals surface area contributed by atoms with Crippen molar-refractivity contribution in [2.75, 3.05) is 52.4 Å². The quantitative estimate of drug-likeness (QED) is 0.740. The van der Waals surface area contributed by atoms with Crippen LogP contribution in [0.3, 0.4) is 0 Å². The van der Waals surface area contributed by atoms with Crippen LogP contribution in [0.1, 0.15) is 38.2 Å². The third-order valence-corrected chi connectivity index (χ3v) is 5.46. The summed E-state index contributed by atoms with van der Waals surface area (Å²) in [5.41, 5.74) is 1.74. The van der Waals surface area contributed by atoms with Crippen LogP contribution >= 0.6 is 0 Å². The van der Waals surface area contributed by atoms with E-state index < -0.39 is 0 Å². The van der Waals surface area contributed by atoms with Crippen LogP contribution in [0.2, 0.25) is 0 Å². The first kappa shape index (κ1) is 17.9. The fourth-order valence-electron chi connectivity index (χ4n) is 3.90. The Bertz CT molecular complexity index is 663. The Morgan fingerprint density at radius 2 is 1.88 bits per heavy atom. The van der Waals surface area contributed by atoms with E-state index in [0.717, 1.165) is 57.0 Å². The summed E-state index contributed by atoms with van der Waals surface area (Å²) in [5.74, 6) is 0.703. The predicted molar refractivity (Wildman–Crippen MR) is 102 cm³/mol. The fourth-order valence-corrected chi connectivity index (χ4v) is 3.90. The van der Waals surface area contributed by atoms with Crippen molar-refractivity contribution >= 4 is 11.1 Å². The van der Waals surface area contributed by atoms with Gasteiger partial charge in [-0.05, 0) is 25.1 Å². The third kappa shape index (κ3) is 4.09. The van der Waals surface area contributed by atoms with Gasteiger partial charge in [0, 0.05) is 39.3 Å².